The summed E-state index contributed by atoms with van der Waals surface area (Å²) in [6, 6.07) is 22.9. The van der Waals surface area contributed by atoms with E-state index in [1.165, 1.54) is 27.4 Å². The monoisotopic (exact) mass is 414 g/mol. The lowest BCUT2D eigenvalue weighted by molar-refractivity contribution is -0.659. The van der Waals surface area contributed by atoms with Crippen LogP contribution < -0.4 is 21.8 Å². The van der Waals surface area contributed by atoms with E-state index >= 15 is 0 Å². The minimum atomic E-state index is 0.729. The average Bonchev–Trinajstić information content (AvgIpc) is 2.78. The Bertz CT molecular complexity index is 1190. The van der Waals surface area contributed by atoms with E-state index in [-0.39, 0.29) is 0 Å². The highest BCUT2D eigenvalue weighted by atomic mass is 15.1. The summed E-state index contributed by atoms with van der Waals surface area (Å²) in [7, 11) is 2.16. The molecule has 3 aromatic carbocycles. The molecule has 0 fully saturated rings. The highest BCUT2D eigenvalue weighted by Gasteiger charge is 2.23. The van der Waals surface area contributed by atoms with Crippen molar-refractivity contribution in [1.29, 1.82) is 0 Å². The summed E-state index contributed by atoms with van der Waals surface area (Å²) in [6.45, 7) is 3.66. The number of hydrogen-bond donors (Lipinski definition) is 3. The molecule has 6 N–H and O–H groups in total. The van der Waals surface area contributed by atoms with Gasteiger partial charge < -0.3 is 22.1 Å². The van der Waals surface area contributed by atoms with Crippen LogP contribution in [0.1, 0.15) is 12.8 Å². The number of aryl methyl sites for hydroxylation is 1. The van der Waals surface area contributed by atoms with Gasteiger partial charge in [0.2, 0.25) is 11.2 Å². The zero-order chi connectivity index (χ0) is 21.8. The number of anilines is 2. The van der Waals surface area contributed by atoms with Crippen molar-refractivity contribution in [2.45, 2.75) is 19.4 Å². The van der Waals surface area contributed by atoms with Gasteiger partial charge in [-0.1, -0.05) is 24.3 Å². The van der Waals surface area contributed by atoms with Crippen LogP contribution in [0, 0.1) is 0 Å². The highest BCUT2D eigenvalue weighted by Crippen LogP contribution is 2.33. The largest absolute Gasteiger partial charge is 0.399 e. The van der Waals surface area contributed by atoms with Gasteiger partial charge in [-0.25, -0.2) is 0 Å². The third kappa shape index (κ3) is 4.48. The van der Waals surface area contributed by atoms with E-state index in [9.17, 15) is 0 Å². The summed E-state index contributed by atoms with van der Waals surface area (Å²) in [5.74, 6) is 0. The van der Waals surface area contributed by atoms with Crippen LogP contribution in [-0.2, 0) is 6.54 Å². The molecule has 160 valence electrons. The number of hydrogen-bond acceptors (Lipinski definition) is 4. The molecule has 0 unspecified atom stereocenters. The van der Waals surface area contributed by atoms with Gasteiger partial charge in [-0.15, -0.1) is 0 Å². The first-order valence-corrected chi connectivity index (χ1v) is 11.0. The Morgan fingerprint density at radius 3 is 2.19 bits per heavy atom. The second-order valence-electron chi connectivity index (χ2n) is 8.25. The zero-order valence-electron chi connectivity index (χ0n) is 18.2. The molecular formula is C26H32N5+. The third-order valence-electron chi connectivity index (χ3n) is 5.88. The molecule has 0 bridgehead atoms. The lowest BCUT2D eigenvalue weighted by Crippen LogP contribution is -2.39. The number of aromatic nitrogens is 1. The van der Waals surface area contributed by atoms with Crippen LogP contribution >= 0.6 is 0 Å². The molecule has 0 saturated heterocycles. The average molecular weight is 415 g/mol. The Morgan fingerprint density at radius 1 is 0.774 bits per heavy atom. The number of pyridine rings is 1. The van der Waals surface area contributed by atoms with Crippen molar-refractivity contribution < 1.29 is 4.57 Å². The molecule has 0 aliphatic heterocycles. The Morgan fingerprint density at radius 2 is 1.45 bits per heavy atom. The van der Waals surface area contributed by atoms with Gasteiger partial charge in [0.1, 0.15) is 0 Å². The van der Waals surface area contributed by atoms with Crippen LogP contribution in [0.2, 0.25) is 0 Å². The molecule has 4 aromatic rings. The minimum absolute atomic E-state index is 0.729. The van der Waals surface area contributed by atoms with Crippen molar-refractivity contribution in [3.05, 3.63) is 66.7 Å². The maximum absolute atomic E-state index is 6.23. The van der Waals surface area contributed by atoms with Crippen molar-refractivity contribution in [2.75, 3.05) is 38.1 Å². The first-order chi connectivity index (χ1) is 15.1. The Kier molecular flexibility index (Phi) is 6.35. The fraction of sp³-hybridized carbons (Fsp3) is 0.269. The first kappa shape index (κ1) is 21.1. The van der Waals surface area contributed by atoms with Crippen LogP contribution in [0.3, 0.4) is 0 Å². The van der Waals surface area contributed by atoms with Gasteiger partial charge in [-0.2, -0.15) is 4.57 Å². The van der Waals surface area contributed by atoms with Crippen molar-refractivity contribution in [3.8, 4) is 11.3 Å². The quantitative estimate of drug-likeness (QED) is 0.233. The first-order valence-electron chi connectivity index (χ1n) is 11.0. The summed E-state index contributed by atoms with van der Waals surface area (Å²) >= 11 is 0. The summed E-state index contributed by atoms with van der Waals surface area (Å²) < 4.78 is 2.42. The molecule has 1 aromatic heterocycles. The molecule has 4 rings (SSSR count). The van der Waals surface area contributed by atoms with Gasteiger partial charge in [0.15, 0.2) is 6.54 Å². The van der Waals surface area contributed by atoms with E-state index in [0.29, 0.717) is 0 Å². The number of benzene rings is 3. The number of nitrogen functional groups attached to an aromatic ring is 2. The number of rotatable bonds is 8. The predicted octanol–water partition coefficient (Wildman–Crippen LogP) is 3.78. The normalized spacial score (nSPS) is 11.6. The summed E-state index contributed by atoms with van der Waals surface area (Å²) in [4.78, 5) is 2.35. The number of fused-ring (bicyclic) bond motifs is 3. The van der Waals surface area contributed by atoms with E-state index in [1.54, 1.807) is 0 Å². The standard InChI is InChI=1S/C26H31N5/c1-30(14-5-13-27)15-6-16-31-25-18-21(29)10-12-23(25)22-11-9-20(28)17-24(22)26(31)19-7-3-2-4-8-19/h2-4,7-12,17-18,29H,5-6,13-16,27-28H2,1H3/p+1. The zero-order valence-corrected chi connectivity index (χ0v) is 18.2. The van der Waals surface area contributed by atoms with E-state index in [1.807, 2.05) is 12.1 Å². The van der Waals surface area contributed by atoms with Gasteiger partial charge >= 0.3 is 0 Å². The van der Waals surface area contributed by atoms with Crippen molar-refractivity contribution in [1.82, 2.24) is 4.90 Å². The Hall–Kier alpha value is -3.15. The van der Waals surface area contributed by atoms with Gasteiger partial charge in [-0.05, 0) is 63.0 Å². The fourth-order valence-electron chi connectivity index (χ4n) is 4.37. The van der Waals surface area contributed by atoms with Crippen LogP contribution in [0.5, 0.6) is 0 Å². The maximum Gasteiger partial charge on any atom is 0.220 e. The van der Waals surface area contributed by atoms with Crippen LogP contribution in [-0.4, -0.2) is 31.6 Å². The lowest BCUT2D eigenvalue weighted by atomic mass is 9.98. The van der Waals surface area contributed by atoms with Crippen molar-refractivity contribution >= 4 is 33.1 Å². The fourth-order valence-corrected chi connectivity index (χ4v) is 4.37. The van der Waals surface area contributed by atoms with E-state index < -0.39 is 0 Å². The number of nitrogens with two attached hydrogens (primary N) is 3. The second kappa shape index (κ2) is 9.33. The van der Waals surface area contributed by atoms with Gasteiger partial charge in [0, 0.05) is 41.4 Å². The summed E-state index contributed by atoms with van der Waals surface area (Å²) in [6.07, 6.45) is 2.05. The molecule has 5 nitrogen and oxygen atoms in total. The van der Waals surface area contributed by atoms with Crippen LogP contribution in [0.25, 0.3) is 32.9 Å². The van der Waals surface area contributed by atoms with Crippen LogP contribution in [0.15, 0.2) is 66.7 Å². The molecule has 0 aliphatic rings. The molecule has 0 amide bonds. The molecule has 0 saturated carbocycles. The van der Waals surface area contributed by atoms with Gasteiger partial charge in [-0.3, -0.25) is 0 Å². The predicted molar refractivity (Wildman–Crippen MR) is 132 cm³/mol. The molecule has 0 atom stereocenters. The summed E-state index contributed by atoms with van der Waals surface area (Å²) in [5, 5.41) is 3.56. The molecule has 31 heavy (non-hydrogen) atoms. The van der Waals surface area contributed by atoms with E-state index in [0.717, 1.165) is 55.9 Å². The molecule has 0 spiro atoms. The Labute approximate surface area is 184 Å². The minimum Gasteiger partial charge on any atom is -0.399 e. The molecule has 1 heterocycles. The lowest BCUT2D eigenvalue weighted by Gasteiger charge is -2.16. The molecule has 5 heteroatoms. The topological polar surface area (TPSA) is 85.2 Å². The smallest absolute Gasteiger partial charge is 0.220 e. The van der Waals surface area contributed by atoms with Crippen molar-refractivity contribution in [3.63, 3.8) is 0 Å². The SMILES string of the molecule is CN(CCCN)CCC[n+]1c(-c2ccccc2)c2cc(N)ccc2c2ccc(N)cc21. The van der Waals surface area contributed by atoms with Gasteiger partial charge in [0.05, 0.1) is 10.8 Å². The molecular weight excluding hydrogens is 382 g/mol. The van der Waals surface area contributed by atoms with Crippen molar-refractivity contribution in [2.24, 2.45) is 5.73 Å². The van der Waals surface area contributed by atoms with E-state index in [4.69, 9.17) is 17.2 Å². The number of nitrogens with zero attached hydrogens (tertiary/aromatic N) is 2. The van der Waals surface area contributed by atoms with Crippen LogP contribution in [0.4, 0.5) is 11.4 Å². The highest BCUT2D eigenvalue weighted by molar-refractivity contribution is 6.10. The second-order valence-corrected chi connectivity index (χ2v) is 8.25. The van der Waals surface area contributed by atoms with Gasteiger partial charge in [0.25, 0.3) is 0 Å². The Balaban J connectivity index is 1.89. The molecule has 0 aliphatic carbocycles. The summed E-state index contributed by atoms with van der Waals surface area (Å²) in [5.41, 5.74) is 23.2. The maximum atomic E-state index is 6.23. The van der Waals surface area contributed by atoms with E-state index in [2.05, 4.69) is 71.1 Å². The third-order valence-corrected chi connectivity index (χ3v) is 5.88. The molecule has 0 radical (unpaired) electrons.